The Balaban J connectivity index is 0.959. The number of hydrogen-bond acceptors (Lipinski definition) is 3. The number of anilines is 3. The maximum absolute atomic E-state index is 14.4. The molecule has 1 aromatic heterocycles. The molecule has 9 unspecified atom stereocenters. The van der Waals surface area contributed by atoms with Crippen molar-refractivity contribution in [1.29, 1.82) is 0 Å². The van der Waals surface area contributed by atoms with Gasteiger partial charge in [0, 0.05) is 58.1 Å². The summed E-state index contributed by atoms with van der Waals surface area (Å²) in [5, 5.41) is 4.72. The first-order valence-electron chi connectivity index (χ1n) is 30.3. The molecule has 8 aliphatic carbocycles. The van der Waals surface area contributed by atoms with Gasteiger partial charge in [0.2, 0.25) is 0 Å². The summed E-state index contributed by atoms with van der Waals surface area (Å²) < 4.78 is 43.3. The van der Waals surface area contributed by atoms with Crippen LogP contribution in [0, 0.1) is 47.8 Å². The van der Waals surface area contributed by atoms with Gasteiger partial charge in [0.1, 0.15) is 5.82 Å². The summed E-state index contributed by atoms with van der Waals surface area (Å²) in [6.45, 7) is 11.9. The molecule has 3 nitrogen and oxygen atoms in total. The summed E-state index contributed by atoms with van der Waals surface area (Å²) >= 11 is 0. The van der Waals surface area contributed by atoms with E-state index < -0.39 is 11.7 Å². The van der Waals surface area contributed by atoms with Crippen LogP contribution in [0.25, 0.3) is 39.6 Å². The molecule has 15 rings (SSSR count). The number of aromatic nitrogens is 1. The Hall–Kier alpha value is -7.96. The van der Waals surface area contributed by atoms with E-state index in [1.807, 2.05) is 0 Å². The molecule has 0 saturated heterocycles. The Labute approximate surface area is 486 Å². The van der Waals surface area contributed by atoms with Gasteiger partial charge in [-0.05, 0) is 176 Å². The van der Waals surface area contributed by atoms with Gasteiger partial charge in [-0.25, -0.2) is 4.98 Å². The number of hydrogen-bond donors (Lipinski definition) is 0. The minimum atomic E-state index is -4.33. The maximum Gasteiger partial charge on any atom is 0.412 e. The van der Waals surface area contributed by atoms with Crippen LogP contribution in [0.1, 0.15) is 99.1 Å². The third-order valence-electron chi connectivity index (χ3n) is 20.9. The SMILES string of the molecule is Cc1ccc(N(c2ccc3ccccc3c2)c2cc3c(cn2)C(c2ccc4c(c2)C(C)(C)c2ccccc2-4)C2C=C(N(C4C=c5ccccc5=CC4)C4CC=C(C(F)(F)F)CC4)C=CC2=C3C2C=CC3C4C=CC=CC4C(C)(C)C3C2)cc1. The predicted octanol–water partition coefficient (Wildman–Crippen LogP) is 17.9. The fourth-order valence-corrected chi connectivity index (χ4v) is 16.7. The van der Waals surface area contributed by atoms with Gasteiger partial charge < -0.3 is 4.90 Å². The smallest absolute Gasteiger partial charge is 0.362 e. The lowest BCUT2D eigenvalue weighted by molar-refractivity contribution is -0.0958. The molecule has 0 aliphatic heterocycles. The molecule has 7 aromatic rings. The number of aryl methyl sites for hydroxylation is 1. The van der Waals surface area contributed by atoms with Crippen LogP contribution in [0.4, 0.5) is 30.4 Å². The second kappa shape index (κ2) is 19.6. The second-order valence-corrected chi connectivity index (χ2v) is 26.1. The molecule has 83 heavy (non-hydrogen) atoms. The lowest BCUT2D eigenvalue weighted by Gasteiger charge is -2.45. The standard InChI is InChI=1S/C77H70F3N3/c1-47-22-30-56(31-23-47)83(58-33-25-49-15-7-9-17-51(49)41-58)72-45-66-67(46-81-72)74(53-27-38-63-61-19-11-13-21-69(61)76(4,5)71(63)43-53)65-44-59(36-39-64(65)73(66)52-26-37-62-60-18-10-12-20-68(60)75(2,3)70(62)42-52)82(55-34-28-54(29-35-55)77(78,79)80)57-32-24-48-14-6-8-16-50(48)40-57/h6-28,30-31,33,36-41,43-46,52,55,57,60,62,65,68,70,74H,29,32,34-35,42H2,1-5H3. The average Bonchev–Trinajstić information content (AvgIpc) is 2.44. The topological polar surface area (TPSA) is 19.4 Å². The summed E-state index contributed by atoms with van der Waals surface area (Å²) in [5.41, 5.74) is 15.4. The molecule has 1 heterocycles. The first-order valence-corrected chi connectivity index (χ1v) is 30.3. The Bertz CT molecular complexity index is 4160. The Kier molecular flexibility index (Phi) is 12.2. The second-order valence-electron chi connectivity index (χ2n) is 26.1. The van der Waals surface area contributed by atoms with Gasteiger partial charge in [0.05, 0.1) is 6.04 Å². The van der Waals surface area contributed by atoms with Crippen LogP contribution in [0.15, 0.2) is 223 Å². The van der Waals surface area contributed by atoms with Crippen molar-refractivity contribution in [3.63, 3.8) is 0 Å². The highest BCUT2D eigenvalue weighted by Gasteiger charge is 2.55. The van der Waals surface area contributed by atoms with E-state index >= 15 is 0 Å². The number of allylic oxidation sites excluding steroid dienone is 12. The summed E-state index contributed by atoms with van der Waals surface area (Å²) in [7, 11) is 0. The van der Waals surface area contributed by atoms with Crippen LogP contribution in [0.2, 0.25) is 0 Å². The van der Waals surface area contributed by atoms with Crippen molar-refractivity contribution in [3.8, 4) is 11.1 Å². The molecule has 8 aliphatic rings. The van der Waals surface area contributed by atoms with E-state index in [0.717, 1.165) is 35.7 Å². The van der Waals surface area contributed by atoms with Gasteiger partial charge in [-0.15, -0.1) is 0 Å². The average molecular weight is 1090 g/mol. The van der Waals surface area contributed by atoms with Crippen molar-refractivity contribution in [3.05, 3.63) is 267 Å². The molecular weight excluding hydrogens is 1020 g/mol. The van der Waals surface area contributed by atoms with Crippen LogP contribution in [-0.2, 0) is 5.41 Å². The minimum Gasteiger partial charge on any atom is -0.362 e. The van der Waals surface area contributed by atoms with Gasteiger partial charge in [-0.2, -0.15) is 13.2 Å². The Morgan fingerprint density at radius 3 is 2.22 bits per heavy atom. The lowest BCUT2D eigenvalue weighted by Crippen LogP contribution is -2.46. The predicted molar refractivity (Wildman–Crippen MR) is 335 cm³/mol. The van der Waals surface area contributed by atoms with Crippen molar-refractivity contribution in [2.24, 2.45) is 40.9 Å². The molecule has 0 bridgehead atoms. The molecule has 414 valence electrons. The summed E-state index contributed by atoms with van der Waals surface area (Å²) in [6.07, 6.45) is 28.5. The summed E-state index contributed by atoms with van der Waals surface area (Å²) in [4.78, 5) is 10.5. The summed E-state index contributed by atoms with van der Waals surface area (Å²) in [5.74, 6) is 2.53. The van der Waals surface area contributed by atoms with Crippen molar-refractivity contribution >= 4 is 45.7 Å². The highest BCUT2D eigenvalue weighted by Crippen LogP contribution is 2.63. The van der Waals surface area contributed by atoms with E-state index in [-0.39, 0.29) is 47.1 Å². The van der Waals surface area contributed by atoms with Gasteiger partial charge in [-0.3, -0.25) is 4.90 Å². The van der Waals surface area contributed by atoms with Gasteiger partial charge in [0.25, 0.3) is 0 Å². The third-order valence-corrected chi connectivity index (χ3v) is 20.9. The number of alkyl halides is 3. The van der Waals surface area contributed by atoms with Crippen LogP contribution in [0.5, 0.6) is 0 Å². The fraction of sp³-hybridized carbons (Fsp3) is 0.286. The number of halogens is 3. The molecule has 0 spiro atoms. The zero-order valence-corrected chi connectivity index (χ0v) is 48.0. The highest BCUT2D eigenvalue weighted by atomic mass is 19.4. The van der Waals surface area contributed by atoms with Crippen LogP contribution in [-0.4, -0.2) is 28.1 Å². The minimum absolute atomic E-state index is 0.00332. The number of fused-ring (bicyclic) bond motifs is 10. The molecule has 1 fully saturated rings. The monoisotopic (exact) mass is 1090 g/mol. The maximum atomic E-state index is 14.4. The van der Waals surface area contributed by atoms with Crippen LogP contribution < -0.4 is 15.3 Å². The van der Waals surface area contributed by atoms with E-state index in [2.05, 4.69) is 257 Å². The van der Waals surface area contributed by atoms with Gasteiger partial charge in [0.15, 0.2) is 0 Å². The van der Waals surface area contributed by atoms with E-state index in [0.29, 0.717) is 36.5 Å². The fourth-order valence-electron chi connectivity index (χ4n) is 16.7. The zero-order valence-electron chi connectivity index (χ0n) is 48.0. The van der Waals surface area contributed by atoms with Crippen molar-refractivity contribution in [2.75, 3.05) is 4.90 Å². The molecule has 0 amide bonds. The quantitative estimate of drug-likeness (QED) is 0.141. The van der Waals surface area contributed by atoms with E-state index in [9.17, 15) is 13.2 Å². The Morgan fingerprint density at radius 2 is 1.40 bits per heavy atom. The number of benzene rings is 6. The number of pyridine rings is 1. The summed E-state index contributed by atoms with van der Waals surface area (Å²) in [6, 6.07) is 51.1. The third kappa shape index (κ3) is 8.55. The number of nitrogens with zero attached hydrogens (tertiary/aromatic N) is 3. The van der Waals surface area contributed by atoms with E-state index in [1.165, 1.54) is 82.9 Å². The van der Waals surface area contributed by atoms with Crippen molar-refractivity contribution < 1.29 is 13.2 Å². The largest absolute Gasteiger partial charge is 0.412 e. The molecule has 6 aromatic carbocycles. The lowest BCUT2D eigenvalue weighted by atomic mass is 9.62. The molecule has 1 saturated carbocycles. The highest BCUT2D eigenvalue weighted by molar-refractivity contribution is 5.90. The van der Waals surface area contributed by atoms with Crippen molar-refractivity contribution in [2.45, 2.75) is 96.3 Å². The molecule has 0 N–H and O–H groups in total. The van der Waals surface area contributed by atoms with Crippen molar-refractivity contribution in [1.82, 2.24) is 9.88 Å². The normalized spacial score (nSPS) is 26.5. The zero-order chi connectivity index (χ0) is 56.5. The molecular formula is C77H70F3N3. The number of rotatable bonds is 8. The van der Waals surface area contributed by atoms with Crippen LogP contribution >= 0.6 is 0 Å². The van der Waals surface area contributed by atoms with Crippen LogP contribution in [0.3, 0.4) is 0 Å². The van der Waals surface area contributed by atoms with E-state index in [1.54, 1.807) is 0 Å². The van der Waals surface area contributed by atoms with Gasteiger partial charge in [-0.1, -0.05) is 209 Å². The molecule has 0 radical (unpaired) electrons. The Morgan fingerprint density at radius 1 is 0.639 bits per heavy atom. The van der Waals surface area contributed by atoms with E-state index in [4.69, 9.17) is 4.98 Å². The first-order chi connectivity index (χ1) is 40.2. The molecule has 9 atom stereocenters. The molecule has 6 heteroatoms. The first kappa shape index (κ1) is 51.9. The van der Waals surface area contributed by atoms with Gasteiger partial charge >= 0.3 is 6.18 Å².